The van der Waals surface area contributed by atoms with Crippen LogP contribution in [0, 0.1) is 0 Å². The molecule has 1 heterocycles. The highest BCUT2D eigenvalue weighted by molar-refractivity contribution is 5.28. The molecule has 0 saturated heterocycles. The zero-order valence-electron chi connectivity index (χ0n) is 13.0. The van der Waals surface area contributed by atoms with E-state index in [9.17, 15) is 0 Å². The lowest BCUT2D eigenvalue weighted by molar-refractivity contribution is 0.250. The van der Waals surface area contributed by atoms with Crippen molar-refractivity contribution in [2.45, 2.75) is 19.5 Å². The summed E-state index contributed by atoms with van der Waals surface area (Å²) in [5.41, 5.74) is 1.22. The summed E-state index contributed by atoms with van der Waals surface area (Å²) in [7, 11) is 4.12. The number of ether oxygens (including phenoxy) is 1. The fraction of sp³-hybridized carbons (Fsp3) is 0.412. The Balaban J connectivity index is 1.89. The fourth-order valence-corrected chi connectivity index (χ4v) is 2.28. The molecule has 0 saturated carbocycles. The van der Waals surface area contributed by atoms with Gasteiger partial charge in [0.05, 0.1) is 18.9 Å². The van der Waals surface area contributed by atoms with E-state index in [1.165, 1.54) is 5.56 Å². The first-order valence-corrected chi connectivity index (χ1v) is 7.33. The van der Waals surface area contributed by atoms with Crippen molar-refractivity contribution in [3.63, 3.8) is 0 Å². The molecule has 4 nitrogen and oxygen atoms in total. The van der Waals surface area contributed by atoms with Crippen molar-refractivity contribution in [1.29, 1.82) is 0 Å². The monoisotopic (exact) mass is 288 g/mol. The van der Waals surface area contributed by atoms with Gasteiger partial charge in [0.25, 0.3) is 0 Å². The molecule has 2 aromatic rings. The van der Waals surface area contributed by atoms with E-state index in [-0.39, 0.29) is 6.04 Å². The van der Waals surface area contributed by atoms with E-state index in [2.05, 4.69) is 36.4 Å². The van der Waals surface area contributed by atoms with E-state index in [0.717, 1.165) is 24.6 Å². The number of hydrogen-bond acceptors (Lipinski definition) is 4. The highest BCUT2D eigenvalue weighted by Gasteiger charge is 2.16. The van der Waals surface area contributed by atoms with Gasteiger partial charge in [-0.2, -0.15) is 0 Å². The predicted octanol–water partition coefficient (Wildman–Crippen LogP) is 3.07. The molecule has 0 aliphatic rings. The summed E-state index contributed by atoms with van der Waals surface area (Å²) in [5.74, 6) is 1.91. The second-order valence-corrected chi connectivity index (χ2v) is 5.21. The van der Waals surface area contributed by atoms with Crippen LogP contribution in [0.15, 0.2) is 47.1 Å². The van der Waals surface area contributed by atoms with Gasteiger partial charge in [0.1, 0.15) is 11.5 Å². The van der Waals surface area contributed by atoms with E-state index in [1.807, 2.05) is 31.2 Å². The van der Waals surface area contributed by atoms with Crippen molar-refractivity contribution in [3.05, 3.63) is 54.0 Å². The normalized spacial score (nSPS) is 12.6. The van der Waals surface area contributed by atoms with Gasteiger partial charge in [-0.15, -0.1) is 0 Å². The van der Waals surface area contributed by atoms with E-state index in [4.69, 9.17) is 9.15 Å². The van der Waals surface area contributed by atoms with Gasteiger partial charge in [0.15, 0.2) is 0 Å². The minimum Gasteiger partial charge on any atom is -0.494 e. The summed E-state index contributed by atoms with van der Waals surface area (Å²) in [4.78, 5) is 2.16. The number of nitrogens with one attached hydrogen (secondary N) is 1. The van der Waals surface area contributed by atoms with Gasteiger partial charge in [-0.25, -0.2) is 0 Å². The third-order valence-electron chi connectivity index (χ3n) is 3.37. The van der Waals surface area contributed by atoms with Crippen molar-refractivity contribution >= 4 is 0 Å². The molecular formula is C17H24N2O2. The third-order valence-corrected chi connectivity index (χ3v) is 3.37. The van der Waals surface area contributed by atoms with Gasteiger partial charge in [0.2, 0.25) is 0 Å². The number of furan rings is 1. The minimum absolute atomic E-state index is 0.232. The van der Waals surface area contributed by atoms with E-state index in [0.29, 0.717) is 6.61 Å². The molecule has 21 heavy (non-hydrogen) atoms. The molecule has 0 amide bonds. The standard InChI is InChI=1S/C17H24N2O2/c1-4-20-15-8-5-7-14(11-15)12-18-13-16(19(2)3)17-9-6-10-21-17/h5-11,16,18H,4,12-13H2,1-3H3. The zero-order valence-corrected chi connectivity index (χ0v) is 13.0. The van der Waals surface area contributed by atoms with Crippen LogP contribution in [0.2, 0.25) is 0 Å². The van der Waals surface area contributed by atoms with Crippen molar-refractivity contribution < 1.29 is 9.15 Å². The van der Waals surface area contributed by atoms with Crippen molar-refractivity contribution in [2.24, 2.45) is 0 Å². The fourth-order valence-electron chi connectivity index (χ4n) is 2.28. The summed E-state index contributed by atoms with van der Waals surface area (Å²) >= 11 is 0. The molecule has 4 heteroatoms. The van der Waals surface area contributed by atoms with Gasteiger partial charge in [-0.3, -0.25) is 4.90 Å². The van der Waals surface area contributed by atoms with Crippen LogP contribution in [0.3, 0.4) is 0 Å². The molecular weight excluding hydrogens is 264 g/mol. The molecule has 1 aromatic carbocycles. The van der Waals surface area contributed by atoms with Gasteiger partial charge in [-0.05, 0) is 50.8 Å². The summed E-state index contributed by atoms with van der Waals surface area (Å²) < 4.78 is 11.0. The average molecular weight is 288 g/mol. The van der Waals surface area contributed by atoms with Crippen LogP contribution < -0.4 is 10.1 Å². The molecule has 114 valence electrons. The van der Waals surface area contributed by atoms with Crippen LogP contribution in [0.1, 0.15) is 24.3 Å². The summed E-state index contributed by atoms with van der Waals surface area (Å²) in [5, 5.41) is 3.48. The Labute approximate surface area is 126 Å². The Kier molecular flexibility index (Phi) is 5.84. The maximum atomic E-state index is 5.52. The third kappa shape index (κ3) is 4.62. The average Bonchev–Trinajstić information content (AvgIpc) is 2.98. The van der Waals surface area contributed by atoms with Crippen LogP contribution in [0.25, 0.3) is 0 Å². The van der Waals surface area contributed by atoms with Gasteiger partial charge < -0.3 is 14.5 Å². The quantitative estimate of drug-likeness (QED) is 0.810. The highest BCUT2D eigenvalue weighted by atomic mass is 16.5. The molecule has 0 aliphatic heterocycles. The second kappa shape index (κ2) is 7.86. The van der Waals surface area contributed by atoms with Crippen molar-refractivity contribution in [1.82, 2.24) is 10.2 Å². The molecule has 1 N–H and O–H groups in total. The Bertz CT molecular complexity index is 523. The maximum absolute atomic E-state index is 5.52. The molecule has 0 spiro atoms. The lowest BCUT2D eigenvalue weighted by atomic mass is 10.2. The summed E-state index contributed by atoms with van der Waals surface area (Å²) in [6, 6.07) is 12.4. The topological polar surface area (TPSA) is 37.6 Å². The molecule has 0 radical (unpaired) electrons. The van der Waals surface area contributed by atoms with Gasteiger partial charge >= 0.3 is 0 Å². The summed E-state index contributed by atoms with van der Waals surface area (Å²) in [6.07, 6.45) is 1.72. The van der Waals surface area contributed by atoms with Crippen LogP contribution >= 0.6 is 0 Å². The maximum Gasteiger partial charge on any atom is 0.122 e. The van der Waals surface area contributed by atoms with Crippen LogP contribution in [-0.4, -0.2) is 32.1 Å². The second-order valence-electron chi connectivity index (χ2n) is 5.21. The first-order valence-electron chi connectivity index (χ1n) is 7.33. The van der Waals surface area contributed by atoms with E-state index in [1.54, 1.807) is 6.26 Å². The zero-order chi connectivity index (χ0) is 15.1. The molecule has 1 unspecified atom stereocenters. The van der Waals surface area contributed by atoms with E-state index >= 15 is 0 Å². The van der Waals surface area contributed by atoms with Crippen molar-refractivity contribution in [3.8, 4) is 5.75 Å². The van der Waals surface area contributed by atoms with Crippen LogP contribution in [0.4, 0.5) is 0 Å². The first kappa shape index (κ1) is 15.6. The van der Waals surface area contributed by atoms with Crippen molar-refractivity contribution in [2.75, 3.05) is 27.2 Å². The Hall–Kier alpha value is -1.78. The van der Waals surface area contributed by atoms with Crippen LogP contribution in [-0.2, 0) is 6.54 Å². The molecule has 0 aliphatic carbocycles. The summed E-state index contributed by atoms with van der Waals surface area (Å²) in [6.45, 7) is 4.33. The van der Waals surface area contributed by atoms with E-state index < -0.39 is 0 Å². The van der Waals surface area contributed by atoms with Gasteiger partial charge in [-0.1, -0.05) is 12.1 Å². The number of rotatable bonds is 8. The smallest absolute Gasteiger partial charge is 0.122 e. The number of hydrogen-bond donors (Lipinski definition) is 1. The minimum atomic E-state index is 0.232. The van der Waals surface area contributed by atoms with Gasteiger partial charge in [0, 0.05) is 13.1 Å². The Morgan fingerprint density at radius 3 is 2.76 bits per heavy atom. The Morgan fingerprint density at radius 1 is 1.24 bits per heavy atom. The SMILES string of the molecule is CCOc1cccc(CNCC(c2ccco2)N(C)C)c1. The number of likely N-dealkylation sites (N-methyl/N-ethyl adjacent to an activating group) is 1. The lowest BCUT2D eigenvalue weighted by Crippen LogP contribution is -2.30. The predicted molar refractivity (Wildman–Crippen MR) is 84.5 cm³/mol. The number of benzene rings is 1. The Morgan fingerprint density at radius 2 is 2.10 bits per heavy atom. The molecule has 1 aromatic heterocycles. The van der Waals surface area contributed by atoms with Crippen LogP contribution in [0.5, 0.6) is 5.75 Å². The molecule has 1 atom stereocenters. The highest BCUT2D eigenvalue weighted by Crippen LogP contribution is 2.18. The molecule has 0 bridgehead atoms. The first-order chi connectivity index (χ1) is 10.2. The largest absolute Gasteiger partial charge is 0.494 e. The lowest BCUT2D eigenvalue weighted by Gasteiger charge is -2.22. The molecule has 2 rings (SSSR count). The number of nitrogens with zero attached hydrogens (tertiary/aromatic N) is 1. The molecule has 0 fully saturated rings.